The minimum absolute atomic E-state index is 0.0420. The monoisotopic (exact) mass is 272 g/mol. The average Bonchev–Trinajstić information content (AvgIpc) is 2.42. The van der Waals surface area contributed by atoms with Crippen LogP contribution in [0.3, 0.4) is 0 Å². The number of aliphatic hydroxyl groups is 1. The van der Waals surface area contributed by atoms with E-state index in [1.54, 1.807) is 0 Å². The molecule has 0 saturated heterocycles. The van der Waals surface area contributed by atoms with Gasteiger partial charge in [0.1, 0.15) is 0 Å². The molecule has 5 nitrogen and oxygen atoms in total. The van der Waals surface area contributed by atoms with Gasteiger partial charge in [-0.05, 0) is 32.1 Å². The number of rotatable bonds is 9. The zero-order valence-electron chi connectivity index (χ0n) is 11.9. The molecule has 0 spiro atoms. The van der Waals surface area contributed by atoms with Gasteiger partial charge >= 0.3 is 0 Å². The Hall–Kier alpha value is -0.650. The van der Waals surface area contributed by atoms with Crippen LogP contribution in [0, 0.1) is 5.92 Å². The molecule has 1 aliphatic carbocycles. The summed E-state index contributed by atoms with van der Waals surface area (Å²) < 4.78 is 5.37. The Bertz CT molecular complexity index is 253. The van der Waals surface area contributed by atoms with Crippen molar-refractivity contribution in [3.63, 3.8) is 0 Å². The van der Waals surface area contributed by atoms with E-state index < -0.39 is 6.10 Å². The number of nitrogens with one attached hydrogen (secondary N) is 1. The fourth-order valence-corrected chi connectivity index (χ4v) is 2.41. The lowest BCUT2D eigenvalue weighted by molar-refractivity contribution is -0.122. The molecule has 0 aromatic heterocycles. The third-order valence-corrected chi connectivity index (χ3v) is 3.72. The van der Waals surface area contributed by atoms with Crippen molar-refractivity contribution in [1.29, 1.82) is 0 Å². The Balaban J connectivity index is 2.05. The van der Waals surface area contributed by atoms with Crippen LogP contribution in [0.5, 0.6) is 0 Å². The summed E-state index contributed by atoms with van der Waals surface area (Å²) in [6.45, 7) is 3.78. The molecule has 0 bridgehead atoms. The smallest absolute Gasteiger partial charge is 0.220 e. The van der Waals surface area contributed by atoms with Gasteiger partial charge in [0.15, 0.2) is 0 Å². The third-order valence-electron chi connectivity index (χ3n) is 3.72. The summed E-state index contributed by atoms with van der Waals surface area (Å²) in [7, 11) is 0. The molecular formula is C14H28N2O3. The van der Waals surface area contributed by atoms with Gasteiger partial charge in [-0.15, -0.1) is 0 Å². The van der Waals surface area contributed by atoms with E-state index in [-0.39, 0.29) is 11.8 Å². The van der Waals surface area contributed by atoms with Crippen molar-refractivity contribution in [3.05, 3.63) is 0 Å². The van der Waals surface area contributed by atoms with Gasteiger partial charge in [0.2, 0.25) is 5.91 Å². The first-order valence-corrected chi connectivity index (χ1v) is 7.42. The van der Waals surface area contributed by atoms with Crippen molar-refractivity contribution in [2.75, 3.05) is 19.8 Å². The van der Waals surface area contributed by atoms with E-state index in [1.165, 1.54) is 0 Å². The summed E-state index contributed by atoms with van der Waals surface area (Å²) >= 11 is 0. The fraction of sp³-hybridized carbons (Fsp3) is 0.929. The van der Waals surface area contributed by atoms with E-state index in [9.17, 15) is 9.90 Å². The minimum atomic E-state index is -0.453. The van der Waals surface area contributed by atoms with Crippen LogP contribution in [0.15, 0.2) is 0 Å². The predicted molar refractivity (Wildman–Crippen MR) is 74.7 cm³/mol. The van der Waals surface area contributed by atoms with E-state index in [1.807, 2.05) is 0 Å². The van der Waals surface area contributed by atoms with Crippen LogP contribution >= 0.6 is 0 Å². The highest BCUT2D eigenvalue weighted by molar-refractivity contribution is 5.76. The van der Waals surface area contributed by atoms with Crippen molar-refractivity contribution in [2.24, 2.45) is 11.7 Å². The van der Waals surface area contributed by atoms with Crippen LogP contribution in [0.1, 0.15) is 45.4 Å². The topological polar surface area (TPSA) is 84.6 Å². The lowest BCUT2D eigenvalue weighted by Gasteiger charge is -2.28. The lowest BCUT2D eigenvalue weighted by Crippen LogP contribution is -2.41. The van der Waals surface area contributed by atoms with Crippen molar-refractivity contribution in [2.45, 2.75) is 57.6 Å². The Morgan fingerprint density at radius 3 is 2.68 bits per heavy atom. The van der Waals surface area contributed by atoms with Gasteiger partial charge in [-0.25, -0.2) is 0 Å². The van der Waals surface area contributed by atoms with E-state index in [4.69, 9.17) is 10.5 Å². The van der Waals surface area contributed by atoms with Gasteiger partial charge < -0.3 is 20.9 Å². The molecule has 0 heterocycles. The van der Waals surface area contributed by atoms with Crippen LogP contribution in [-0.2, 0) is 9.53 Å². The highest BCUT2D eigenvalue weighted by Gasteiger charge is 2.24. The summed E-state index contributed by atoms with van der Waals surface area (Å²) in [4.78, 5) is 11.0. The number of ether oxygens (including phenoxy) is 1. The molecular weight excluding hydrogens is 244 g/mol. The Morgan fingerprint density at radius 2 is 2.11 bits per heavy atom. The number of aliphatic hydroxyl groups excluding tert-OH is 1. The number of primary amides is 1. The second-order valence-corrected chi connectivity index (χ2v) is 5.44. The van der Waals surface area contributed by atoms with Crippen LogP contribution in [0.25, 0.3) is 0 Å². The highest BCUT2D eigenvalue weighted by atomic mass is 16.5. The van der Waals surface area contributed by atoms with Gasteiger partial charge in [0, 0.05) is 25.1 Å². The van der Waals surface area contributed by atoms with Crippen LogP contribution in [-0.4, -0.2) is 42.9 Å². The summed E-state index contributed by atoms with van der Waals surface area (Å²) in [5.74, 6) is -0.136. The molecule has 1 saturated carbocycles. The average molecular weight is 272 g/mol. The summed E-state index contributed by atoms with van der Waals surface area (Å²) in [5, 5.41) is 13.1. The number of nitrogens with two attached hydrogens (primary N) is 1. The molecule has 0 aliphatic heterocycles. The number of hydrogen-bond acceptors (Lipinski definition) is 4. The van der Waals surface area contributed by atoms with Gasteiger partial charge in [-0.3, -0.25) is 4.79 Å². The quantitative estimate of drug-likeness (QED) is 0.542. The van der Waals surface area contributed by atoms with Crippen molar-refractivity contribution in [1.82, 2.24) is 5.32 Å². The molecule has 0 radical (unpaired) electrons. The van der Waals surface area contributed by atoms with Crippen LogP contribution < -0.4 is 11.1 Å². The maximum atomic E-state index is 11.0. The maximum Gasteiger partial charge on any atom is 0.220 e. The Labute approximate surface area is 115 Å². The van der Waals surface area contributed by atoms with Crippen molar-refractivity contribution < 1.29 is 14.6 Å². The van der Waals surface area contributed by atoms with E-state index in [2.05, 4.69) is 12.2 Å². The van der Waals surface area contributed by atoms with Gasteiger partial charge in [0.05, 0.1) is 12.7 Å². The van der Waals surface area contributed by atoms with E-state index in [0.29, 0.717) is 19.2 Å². The number of unbranched alkanes of at least 4 members (excludes halogenated alkanes) is 1. The third kappa shape index (κ3) is 6.89. The molecule has 1 amide bonds. The summed E-state index contributed by atoms with van der Waals surface area (Å²) in [6.07, 6.45) is 5.32. The fourth-order valence-electron chi connectivity index (χ4n) is 2.41. The first-order valence-electron chi connectivity index (χ1n) is 7.42. The molecule has 1 atom stereocenters. The molecule has 112 valence electrons. The first-order chi connectivity index (χ1) is 9.13. The molecule has 4 N–H and O–H groups in total. The molecule has 0 aromatic carbocycles. The zero-order chi connectivity index (χ0) is 14.1. The Kier molecular flexibility index (Phi) is 8.02. The van der Waals surface area contributed by atoms with Gasteiger partial charge in [-0.1, -0.05) is 13.3 Å². The number of carbonyl (C=O) groups is 1. The van der Waals surface area contributed by atoms with Crippen LogP contribution in [0.4, 0.5) is 0 Å². The van der Waals surface area contributed by atoms with E-state index >= 15 is 0 Å². The second-order valence-electron chi connectivity index (χ2n) is 5.44. The molecule has 19 heavy (non-hydrogen) atoms. The largest absolute Gasteiger partial charge is 0.389 e. The molecule has 1 unspecified atom stereocenters. The number of amides is 1. The molecule has 0 aromatic rings. The van der Waals surface area contributed by atoms with Crippen molar-refractivity contribution in [3.8, 4) is 0 Å². The number of carbonyl (C=O) groups excluding carboxylic acids is 1. The molecule has 1 aliphatic rings. The Morgan fingerprint density at radius 1 is 1.42 bits per heavy atom. The highest BCUT2D eigenvalue weighted by Crippen LogP contribution is 2.23. The van der Waals surface area contributed by atoms with Gasteiger partial charge in [-0.2, -0.15) is 0 Å². The number of hydrogen-bond donors (Lipinski definition) is 3. The predicted octanol–water partition coefficient (Wildman–Crippen LogP) is 0.798. The lowest BCUT2D eigenvalue weighted by atomic mass is 9.85. The van der Waals surface area contributed by atoms with Gasteiger partial charge in [0.25, 0.3) is 0 Å². The van der Waals surface area contributed by atoms with E-state index in [0.717, 1.165) is 45.1 Å². The standard InChI is InChI=1S/C14H28N2O3/c1-2-3-8-19-10-13(17)9-16-12-6-4-11(5-7-12)14(15)18/h11-13,16-17H,2-10H2,1H3,(H2,15,18). The van der Waals surface area contributed by atoms with Crippen LogP contribution in [0.2, 0.25) is 0 Å². The zero-order valence-corrected chi connectivity index (χ0v) is 11.9. The molecule has 5 heteroatoms. The normalized spacial score (nSPS) is 25.2. The molecule has 1 rings (SSSR count). The SMILES string of the molecule is CCCCOCC(O)CNC1CCC(C(N)=O)CC1. The maximum absolute atomic E-state index is 11.0. The minimum Gasteiger partial charge on any atom is -0.389 e. The molecule has 1 fully saturated rings. The first kappa shape index (κ1) is 16.4. The van der Waals surface area contributed by atoms with Crippen molar-refractivity contribution >= 4 is 5.91 Å². The second kappa shape index (κ2) is 9.28. The summed E-state index contributed by atoms with van der Waals surface area (Å²) in [5.41, 5.74) is 5.30. The summed E-state index contributed by atoms with van der Waals surface area (Å²) in [6, 6.07) is 0.390.